The molecule has 5 aliphatic carbocycles. The number of ether oxygens (including phenoxy) is 2. The molecule has 5 saturated carbocycles. The first-order valence-electron chi connectivity index (χ1n) is 17.8. The lowest BCUT2D eigenvalue weighted by atomic mass is 9.32. The van der Waals surface area contributed by atoms with Crippen LogP contribution in [0.3, 0.4) is 0 Å². The Morgan fingerprint density at radius 2 is 1.68 bits per heavy atom. The molecule has 0 bridgehead atoms. The SMILES string of the molecule is C=C(C)C1CCC2(C(=O)O)CCC3(C)C(CCC4C5(C)CC(O)C(OC(=O)C=Cc6ccc(O)c(OC)c6)C(C)(C)C5CCC43C)C12. The number of allylic oxidation sites excluding steroid dienone is 1. The molecule has 0 aliphatic heterocycles. The van der Waals surface area contributed by atoms with Crippen molar-refractivity contribution in [3.8, 4) is 11.5 Å². The predicted molar refractivity (Wildman–Crippen MR) is 182 cm³/mol. The predicted octanol–water partition coefficient (Wildman–Crippen LogP) is 8.04. The van der Waals surface area contributed by atoms with Crippen molar-refractivity contribution in [3.63, 3.8) is 0 Å². The van der Waals surface area contributed by atoms with Crippen molar-refractivity contribution in [2.45, 2.75) is 112 Å². The smallest absolute Gasteiger partial charge is 0.331 e. The molecule has 7 heteroatoms. The first-order chi connectivity index (χ1) is 22.0. The van der Waals surface area contributed by atoms with Crippen LogP contribution in [-0.2, 0) is 14.3 Å². The number of hydrogen-bond acceptors (Lipinski definition) is 6. The van der Waals surface area contributed by atoms with E-state index >= 15 is 0 Å². The molecule has 0 radical (unpaired) electrons. The number of esters is 1. The summed E-state index contributed by atoms with van der Waals surface area (Å²) in [6.07, 6.45) is 9.62. The Morgan fingerprint density at radius 3 is 2.34 bits per heavy atom. The molecule has 0 amide bonds. The van der Waals surface area contributed by atoms with Crippen molar-refractivity contribution in [2.24, 2.45) is 56.7 Å². The number of benzene rings is 1. The zero-order valence-electron chi connectivity index (χ0n) is 29.5. The number of rotatable bonds is 6. The van der Waals surface area contributed by atoms with Gasteiger partial charge in [0.2, 0.25) is 0 Å². The molecule has 47 heavy (non-hydrogen) atoms. The van der Waals surface area contributed by atoms with Crippen LogP contribution in [0.25, 0.3) is 6.08 Å². The molecular weight excluding hydrogens is 592 g/mol. The van der Waals surface area contributed by atoms with Gasteiger partial charge in [-0.15, -0.1) is 0 Å². The summed E-state index contributed by atoms with van der Waals surface area (Å²) < 4.78 is 11.3. The van der Waals surface area contributed by atoms with Gasteiger partial charge in [0, 0.05) is 11.5 Å². The number of fused-ring (bicyclic) bond motifs is 7. The molecule has 6 rings (SSSR count). The number of aromatic hydroxyl groups is 1. The molecule has 1 aromatic carbocycles. The minimum Gasteiger partial charge on any atom is -0.504 e. The van der Waals surface area contributed by atoms with Gasteiger partial charge in [0.25, 0.3) is 0 Å². The Bertz CT molecular complexity index is 1480. The van der Waals surface area contributed by atoms with E-state index in [0.29, 0.717) is 29.6 Å². The van der Waals surface area contributed by atoms with Crippen LogP contribution in [-0.4, -0.2) is 46.6 Å². The fourth-order valence-corrected chi connectivity index (χ4v) is 13.0. The summed E-state index contributed by atoms with van der Waals surface area (Å²) in [5.74, 6) is 0.623. The lowest BCUT2D eigenvalue weighted by molar-refractivity contribution is -0.265. The summed E-state index contributed by atoms with van der Waals surface area (Å²) in [5, 5.41) is 32.4. The highest BCUT2D eigenvalue weighted by atomic mass is 16.6. The minimum atomic E-state index is -0.793. The normalized spacial score (nSPS) is 43.6. The standard InChI is InChI=1S/C40H56O7/c1-23(2)25-15-18-40(35(44)45)20-19-38(6)26(33(25)40)11-13-31-37(5)22-28(42)34(36(3,4)30(37)16-17-39(31,38)7)47-32(43)14-10-24-9-12-27(41)29(21-24)46-8/h9-10,12,14,21,25-26,28,30-31,33-34,41-42H,1,11,13,15-20,22H2,2-8H3,(H,44,45). The lowest BCUT2D eigenvalue weighted by Gasteiger charge is -2.73. The molecule has 5 aliphatic rings. The average molecular weight is 649 g/mol. The van der Waals surface area contributed by atoms with Crippen LogP contribution >= 0.6 is 0 Å². The third-order valence-electron chi connectivity index (χ3n) is 15.2. The number of carboxylic acids is 1. The third kappa shape index (κ3) is 4.83. The van der Waals surface area contributed by atoms with Gasteiger partial charge in [0.15, 0.2) is 11.5 Å². The van der Waals surface area contributed by atoms with Gasteiger partial charge in [-0.1, -0.05) is 52.8 Å². The van der Waals surface area contributed by atoms with Crippen molar-refractivity contribution >= 4 is 18.0 Å². The fraction of sp³-hybridized carbons (Fsp3) is 0.700. The summed E-state index contributed by atoms with van der Waals surface area (Å²) in [6, 6.07) is 4.86. The monoisotopic (exact) mass is 648 g/mol. The summed E-state index contributed by atoms with van der Waals surface area (Å²) in [5.41, 5.74) is 0.627. The zero-order valence-corrected chi connectivity index (χ0v) is 29.5. The molecule has 11 unspecified atom stereocenters. The number of carbonyl (C=O) groups is 2. The molecule has 7 nitrogen and oxygen atoms in total. The van der Waals surface area contributed by atoms with E-state index in [0.717, 1.165) is 56.9 Å². The highest BCUT2D eigenvalue weighted by Crippen LogP contribution is 2.77. The number of aliphatic hydroxyl groups excluding tert-OH is 1. The topological polar surface area (TPSA) is 113 Å². The van der Waals surface area contributed by atoms with Gasteiger partial charge in [-0.25, -0.2) is 4.79 Å². The number of hydrogen-bond donors (Lipinski definition) is 3. The van der Waals surface area contributed by atoms with E-state index in [1.807, 2.05) is 0 Å². The largest absolute Gasteiger partial charge is 0.504 e. The Morgan fingerprint density at radius 1 is 0.957 bits per heavy atom. The Hall–Kier alpha value is -2.80. The van der Waals surface area contributed by atoms with Crippen molar-refractivity contribution in [1.29, 1.82) is 0 Å². The second-order valence-corrected chi connectivity index (χ2v) is 17.4. The Labute approximate surface area is 280 Å². The van der Waals surface area contributed by atoms with Crippen LogP contribution in [0.1, 0.15) is 105 Å². The van der Waals surface area contributed by atoms with Crippen LogP contribution in [0.2, 0.25) is 0 Å². The van der Waals surface area contributed by atoms with Crippen molar-refractivity contribution in [1.82, 2.24) is 0 Å². The average Bonchev–Trinajstić information content (AvgIpc) is 3.40. The van der Waals surface area contributed by atoms with Crippen LogP contribution < -0.4 is 4.74 Å². The maximum atomic E-state index is 13.1. The van der Waals surface area contributed by atoms with Crippen molar-refractivity contribution < 1.29 is 34.4 Å². The third-order valence-corrected chi connectivity index (χ3v) is 15.2. The molecule has 5 fully saturated rings. The highest BCUT2D eigenvalue weighted by molar-refractivity contribution is 5.87. The number of carbonyl (C=O) groups excluding carboxylic acids is 1. The molecular formula is C40H56O7. The second-order valence-electron chi connectivity index (χ2n) is 17.4. The molecule has 11 atom stereocenters. The molecule has 0 spiro atoms. The summed E-state index contributed by atoms with van der Waals surface area (Å²) in [7, 11) is 1.48. The molecule has 1 aromatic rings. The van der Waals surface area contributed by atoms with Crippen LogP contribution in [0.5, 0.6) is 11.5 Å². The Kier molecular flexibility index (Phi) is 8.26. The summed E-state index contributed by atoms with van der Waals surface area (Å²) in [6.45, 7) is 18.2. The number of carboxylic acid groups (broad SMARTS) is 1. The lowest BCUT2D eigenvalue weighted by Crippen LogP contribution is -2.69. The maximum Gasteiger partial charge on any atom is 0.331 e. The first-order valence-corrected chi connectivity index (χ1v) is 17.8. The number of methoxy groups -OCH3 is 1. The Balaban J connectivity index is 1.25. The highest BCUT2D eigenvalue weighted by Gasteiger charge is 2.72. The van der Waals surface area contributed by atoms with Gasteiger partial charge in [-0.2, -0.15) is 0 Å². The molecule has 258 valence electrons. The van der Waals surface area contributed by atoms with E-state index in [9.17, 15) is 24.9 Å². The maximum absolute atomic E-state index is 13.1. The van der Waals surface area contributed by atoms with Crippen molar-refractivity contribution in [2.75, 3.05) is 7.11 Å². The van der Waals surface area contributed by atoms with Crippen LogP contribution in [0.4, 0.5) is 0 Å². The number of phenolic OH excluding ortho intramolecular Hbond substituents is 1. The molecule has 3 N–H and O–H groups in total. The van der Waals surface area contributed by atoms with Gasteiger partial charge < -0.3 is 24.8 Å². The second kappa shape index (κ2) is 11.4. The quantitative estimate of drug-likeness (QED) is 0.163. The van der Waals surface area contributed by atoms with Crippen LogP contribution in [0.15, 0.2) is 36.4 Å². The minimum absolute atomic E-state index is 0.00562. The van der Waals surface area contributed by atoms with Gasteiger partial charge in [0.1, 0.15) is 6.10 Å². The summed E-state index contributed by atoms with van der Waals surface area (Å²) in [4.78, 5) is 26.1. The van der Waals surface area contributed by atoms with E-state index in [1.165, 1.54) is 19.3 Å². The van der Waals surface area contributed by atoms with E-state index in [-0.39, 0.29) is 39.7 Å². The molecule has 0 aromatic heterocycles. The molecule has 0 saturated heterocycles. The van der Waals surface area contributed by atoms with Crippen molar-refractivity contribution in [3.05, 3.63) is 42.0 Å². The van der Waals surface area contributed by atoms with Gasteiger partial charge in [0.05, 0.1) is 18.6 Å². The van der Waals surface area contributed by atoms with E-state index in [1.54, 1.807) is 18.2 Å². The van der Waals surface area contributed by atoms with E-state index in [2.05, 4.69) is 48.1 Å². The van der Waals surface area contributed by atoms with Gasteiger partial charge in [-0.05, 0) is 134 Å². The van der Waals surface area contributed by atoms with Gasteiger partial charge in [-0.3, -0.25) is 4.79 Å². The van der Waals surface area contributed by atoms with E-state index < -0.39 is 35.0 Å². The fourth-order valence-electron chi connectivity index (χ4n) is 13.0. The number of phenols is 1. The van der Waals surface area contributed by atoms with Gasteiger partial charge >= 0.3 is 11.9 Å². The number of aliphatic carboxylic acids is 1. The zero-order chi connectivity index (χ0) is 34.3. The first kappa shape index (κ1) is 34.1. The van der Waals surface area contributed by atoms with Crippen LogP contribution in [0, 0.1) is 56.7 Å². The molecule has 0 heterocycles. The number of aliphatic hydroxyl groups is 1. The summed E-state index contributed by atoms with van der Waals surface area (Å²) >= 11 is 0. The van der Waals surface area contributed by atoms with E-state index in [4.69, 9.17) is 9.47 Å².